The molecule has 0 aliphatic rings. The maximum Gasteiger partial charge on any atom is 0.142 e. The van der Waals surface area contributed by atoms with Crippen LogP contribution in [0, 0.1) is 17.1 Å². The third-order valence-electron chi connectivity index (χ3n) is 2.96. The van der Waals surface area contributed by atoms with Crippen LogP contribution in [0.25, 0.3) is 0 Å². The third-order valence-corrected chi connectivity index (χ3v) is 3.58. The predicted molar refractivity (Wildman–Crippen MR) is 81.0 cm³/mol. The summed E-state index contributed by atoms with van der Waals surface area (Å²) >= 11 is 11.6. The molecule has 0 saturated heterocycles. The van der Waals surface area contributed by atoms with Gasteiger partial charge in [0.2, 0.25) is 0 Å². The molecule has 0 heterocycles. The van der Waals surface area contributed by atoms with Crippen molar-refractivity contribution in [3.63, 3.8) is 0 Å². The summed E-state index contributed by atoms with van der Waals surface area (Å²) < 4.78 is 13.5. The quantitative estimate of drug-likeness (QED) is 0.888. The number of hydrogen-bond donors (Lipinski definition) is 2. The summed E-state index contributed by atoms with van der Waals surface area (Å²) in [7, 11) is 0. The van der Waals surface area contributed by atoms with Gasteiger partial charge in [-0.1, -0.05) is 29.3 Å². The summed E-state index contributed by atoms with van der Waals surface area (Å²) in [4.78, 5) is 0. The number of nitrogens with zero attached hydrogens (tertiary/aromatic N) is 1. The van der Waals surface area contributed by atoms with Gasteiger partial charge in [0, 0.05) is 5.69 Å². The number of aliphatic hydroxyl groups is 1. The van der Waals surface area contributed by atoms with Crippen LogP contribution in [-0.4, -0.2) is 11.7 Å². The molecule has 0 spiro atoms. The molecule has 0 amide bonds. The lowest BCUT2D eigenvalue weighted by atomic mass is 10.1. The molecule has 1 atom stereocenters. The molecule has 21 heavy (non-hydrogen) atoms. The SMILES string of the molecule is N#Cc1ccc(NC(CO)c2ccc(Cl)c(F)c2)cc1Cl. The Balaban J connectivity index is 2.25. The topological polar surface area (TPSA) is 56.0 Å². The Kier molecular flexibility index (Phi) is 5.03. The lowest BCUT2D eigenvalue weighted by Gasteiger charge is -2.18. The van der Waals surface area contributed by atoms with E-state index in [9.17, 15) is 9.50 Å². The van der Waals surface area contributed by atoms with E-state index in [2.05, 4.69) is 5.32 Å². The molecule has 2 rings (SSSR count). The first-order valence-electron chi connectivity index (χ1n) is 6.07. The van der Waals surface area contributed by atoms with E-state index >= 15 is 0 Å². The number of aliphatic hydroxyl groups excluding tert-OH is 1. The van der Waals surface area contributed by atoms with E-state index < -0.39 is 11.9 Å². The van der Waals surface area contributed by atoms with Crippen LogP contribution < -0.4 is 5.32 Å². The minimum Gasteiger partial charge on any atom is -0.394 e. The van der Waals surface area contributed by atoms with Crippen molar-refractivity contribution in [2.75, 3.05) is 11.9 Å². The normalized spacial score (nSPS) is 11.8. The summed E-state index contributed by atoms with van der Waals surface area (Å²) in [5.41, 5.74) is 1.54. The second-order valence-electron chi connectivity index (χ2n) is 4.36. The molecule has 108 valence electrons. The molecule has 1 unspecified atom stereocenters. The van der Waals surface area contributed by atoms with Crippen LogP contribution in [-0.2, 0) is 0 Å². The fraction of sp³-hybridized carbons (Fsp3) is 0.133. The second-order valence-corrected chi connectivity index (χ2v) is 5.17. The number of nitrogens with one attached hydrogen (secondary N) is 1. The van der Waals surface area contributed by atoms with Crippen molar-refractivity contribution >= 4 is 28.9 Å². The van der Waals surface area contributed by atoms with Gasteiger partial charge in [-0.15, -0.1) is 0 Å². The standard InChI is InChI=1S/C15H11Cl2FN2O/c16-12-4-2-9(5-14(12)18)15(8-21)20-11-3-1-10(7-19)13(17)6-11/h1-6,15,20-21H,8H2. The van der Waals surface area contributed by atoms with E-state index in [0.717, 1.165) is 0 Å². The fourth-order valence-corrected chi connectivity index (χ4v) is 2.20. The van der Waals surface area contributed by atoms with E-state index in [0.29, 0.717) is 21.8 Å². The maximum atomic E-state index is 13.5. The molecule has 3 nitrogen and oxygen atoms in total. The van der Waals surface area contributed by atoms with Gasteiger partial charge in [0.25, 0.3) is 0 Å². The van der Waals surface area contributed by atoms with Crippen molar-refractivity contribution in [3.05, 3.63) is 63.4 Å². The van der Waals surface area contributed by atoms with E-state index in [1.807, 2.05) is 6.07 Å². The molecule has 2 aromatic carbocycles. The van der Waals surface area contributed by atoms with Crippen molar-refractivity contribution < 1.29 is 9.50 Å². The number of nitriles is 1. The number of rotatable bonds is 4. The Morgan fingerprint density at radius 2 is 1.95 bits per heavy atom. The van der Waals surface area contributed by atoms with Gasteiger partial charge in [0.05, 0.1) is 28.3 Å². The molecular weight excluding hydrogens is 314 g/mol. The van der Waals surface area contributed by atoms with Gasteiger partial charge in [-0.3, -0.25) is 0 Å². The minimum atomic E-state index is -0.549. The molecule has 0 fully saturated rings. The van der Waals surface area contributed by atoms with Crippen LogP contribution in [0.2, 0.25) is 10.0 Å². The average molecular weight is 325 g/mol. The minimum absolute atomic E-state index is 0.0249. The molecule has 0 radical (unpaired) electrons. The second kappa shape index (κ2) is 6.77. The number of benzene rings is 2. The van der Waals surface area contributed by atoms with Gasteiger partial charge >= 0.3 is 0 Å². The molecule has 0 bridgehead atoms. The molecule has 0 aromatic heterocycles. The summed E-state index contributed by atoms with van der Waals surface area (Å²) in [6.45, 7) is -0.237. The van der Waals surface area contributed by atoms with Crippen molar-refractivity contribution in [2.24, 2.45) is 0 Å². The lowest BCUT2D eigenvalue weighted by Crippen LogP contribution is -2.15. The predicted octanol–water partition coefficient (Wildman–Crippen LogP) is 4.15. The van der Waals surface area contributed by atoms with Gasteiger partial charge in [0.1, 0.15) is 11.9 Å². The first-order chi connectivity index (χ1) is 10.0. The fourth-order valence-electron chi connectivity index (χ4n) is 1.86. The number of anilines is 1. The molecule has 2 aromatic rings. The average Bonchev–Trinajstić information content (AvgIpc) is 2.48. The van der Waals surface area contributed by atoms with Crippen molar-refractivity contribution in [1.29, 1.82) is 5.26 Å². The van der Waals surface area contributed by atoms with Crippen LogP contribution >= 0.6 is 23.2 Å². The van der Waals surface area contributed by atoms with Crippen molar-refractivity contribution in [3.8, 4) is 6.07 Å². The van der Waals surface area contributed by atoms with E-state index in [4.69, 9.17) is 28.5 Å². The van der Waals surface area contributed by atoms with Gasteiger partial charge < -0.3 is 10.4 Å². The highest BCUT2D eigenvalue weighted by atomic mass is 35.5. The number of halogens is 3. The first-order valence-corrected chi connectivity index (χ1v) is 6.82. The van der Waals surface area contributed by atoms with Crippen LogP contribution in [0.1, 0.15) is 17.2 Å². The molecule has 0 aliphatic heterocycles. The number of hydrogen-bond acceptors (Lipinski definition) is 3. The van der Waals surface area contributed by atoms with Crippen LogP contribution in [0.5, 0.6) is 0 Å². The monoisotopic (exact) mass is 324 g/mol. The highest BCUT2D eigenvalue weighted by molar-refractivity contribution is 6.32. The first kappa shape index (κ1) is 15.6. The molecular formula is C15H11Cl2FN2O. The largest absolute Gasteiger partial charge is 0.394 e. The molecule has 2 N–H and O–H groups in total. The van der Waals surface area contributed by atoms with Crippen LogP contribution in [0.4, 0.5) is 10.1 Å². The zero-order valence-electron chi connectivity index (χ0n) is 10.8. The van der Waals surface area contributed by atoms with Gasteiger partial charge in [0.15, 0.2) is 0 Å². The smallest absolute Gasteiger partial charge is 0.142 e. The summed E-state index contributed by atoms with van der Waals surface area (Å²) in [5, 5.41) is 21.7. The Morgan fingerprint density at radius 3 is 2.52 bits per heavy atom. The Morgan fingerprint density at radius 1 is 1.19 bits per heavy atom. The maximum absolute atomic E-state index is 13.5. The highest BCUT2D eigenvalue weighted by Gasteiger charge is 2.13. The lowest BCUT2D eigenvalue weighted by molar-refractivity contribution is 0.276. The van der Waals surface area contributed by atoms with E-state index in [-0.39, 0.29) is 11.6 Å². The van der Waals surface area contributed by atoms with Gasteiger partial charge in [-0.25, -0.2) is 4.39 Å². The highest BCUT2D eigenvalue weighted by Crippen LogP contribution is 2.26. The third kappa shape index (κ3) is 3.64. The summed E-state index contributed by atoms with van der Waals surface area (Å²) in [5.74, 6) is -0.549. The van der Waals surface area contributed by atoms with Crippen LogP contribution in [0.15, 0.2) is 36.4 Å². The zero-order chi connectivity index (χ0) is 15.4. The molecule has 0 aliphatic carbocycles. The summed E-state index contributed by atoms with van der Waals surface area (Å²) in [6.07, 6.45) is 0. The van der Waals surface area contributed by atoms with Crippen molar-refractivity contribution in [2.45, 2.75) is 6.04 Å². The van der Waals surface area contributed by atoms with E-state index in [1.165, 1.54) is 12.1 Å². The van der Waals surface area contributed by atoms with Gasteiger partial charge in [-0.05, 0) is 35.9 Å². The molecule has 0 saturated carbocycles. The molecule has 6 heteroatoms. The van der Waals surface area contributed by atoms with E-state index in [1.54, 1.807) is 24.3 Å². The van der Waals surface area contributed by atoms with Crippen LogP contribution in [0.3, 0.4) is 0 Å². The Labute approximate surface area is 131 Å². The summed E-state index contributed by atoms with van der Waals surface area (Å²) in [6, 6.07) is 10.6. The Bertz CT molecular complexity index is 701. The van der Waals surface area contributed by atoms with Gasteiger partial charge in [-0.2, -0.15) is 5.26 Å². The zero-order valence-corrected chi connectivity index (χ0v) is 12.3. The van der Waals surface area contributed by atoms with Crippen molar-refractivity contribution in [1.82, 2.24) is 0 Å². The Hall–Kier alpha value is -1.80.